The molecule has 43 heavy (non-hydrogen) atoms. The average Bonchev–Trinajstić information content (AvgIpc) is 3.49. The second-order valence-electron chi connectivity index (χ2n) is 11.4. The Labute approximate surface area is 264 Å². The van der Waals surface area contributed by atoms with Crippen molar-refractivity contribution in [2.24, 2.45) is 0 Å². The van der Waals surface area contributed by atoms with Crippen molar-refractivity contribution in [2.45, 2.75) is 64.6 Å². The lowest BCUT2D eigenvalue weighted by atomic mass is 10.0. The molecule has 0 bridgehead atoms. The van der Waals surface area contributed by atoms with Crippen LogP contribution in [0.1, 0.15) is 47.9 Å². The predicted molar refractivity (Wildman–Crippen MR) is 175 cm³/mol. The molecule has 0 aromatic heterocycles. The molecule has 1 N–H and O–H groups in total. The third-order valence-corrected chi connectivity index (χ3v) is 10.2. The number of aryl methyl sites for hydroxylation is 2. The molecule has 8 nitrogen and oxygen atoms in total. The van der Waals surface area contributed by atoms with Gasteiger partial charge in [0, 0.05) is 37.6 Å². The van der Waals surface area contributed by atoms with E-state index in [4.69, 9.17) is 0 Å². The van der Waals surface area contributed by atoms with Crippen LogP contribution < -0.4 is 9.62 Å². The number of carbonyl (C=O) groups is 2. The van der Waals surface area contributed by atoms with E-state index in [1.165, 1.54) is 14.1 Å². The van der Waals surface area contributed by atoms with Crippen molar-refractivity contribution in [1.29, 1.82) is 0 Å². The first-order valence-electron chi connectivity index (χ1n) is 14.6. The number of anilines is 1. The van der Waals surface area contributed by atoms with Crippen molar-refractivity contribution < 1.29 is 18.0 Å². The molecule has 2 amide bonds. The Morgan fingerprint density at radius 1 is 0.930 bits per heavy atom. The lowest BCUT2D eigenvalue weighted by Crippen LogP contribution is -2.55. The standard InChI is InChI=1S/C33H41BrN4O4S/c1-24-14-15-25(2)30(20-24)38(43(41,42)36(3)4)23-32(39)37(22-27-16-18-28(34)19-17-27)31(21-26-10-6-5-7-11-26)33(40)35-29-12-8-9-13-29/h5-7,10-11,14-20,29,31H,8-9,12-13,21-23H2,1-4H3,(H,35,40)/t31-/m1/s1. The van der Waals surface area contributed by atoms with Gasteiger partial charge in [-0.15, -0.1) is 0 Å². The van der Waals surface area contributed by atoms with Crippen LogP contribution in [0.5, 0.6) is 0 Å². The van der Waals surface area contributed by atoms with Crippen LogP contribution in [0.3, 0.4) is 0 Å². The summed E-state index contributed by atoms with van der Waals surface area (Å²) >= 11 is 3.47. The van der Waals surface area contributed by atoms with Gasteiger partial charge in [-0.05, 0) is 67.1 Å². The molecule has 1 saturated carbocycles. The van der Waals surface area contributed by atoms with Crippen LogP contribution >= 0.6 is 15.9 Å². The summed E-state index contributed by atoms with van der Waals surface area (Å²) in [7, 11) is -1.15. The molecule has 1 aliphatic rings. The number of hydrogen-bond acceptors (Lipinski definition) is 4. The minimum atomic E-state index is -4.05. The molecule has 0 heterocycles. The monoisotopic (exact) mass is 668 g/mol. The van der Waals surface area contributed by atoms with E-state index in [-0.39, 0.29) is 18.5 Å². The number of hydrogen-bond donors (Lipinski definition) is 1. The Morgan fingerprint density at radius 2 is 1.58 bits per heavy atom. The highest BCUT2D eigenvalue weighted by Crippen LogP contribution is 2.27. The van der Waals surface area contributed by atoms with Crippen LogP contribution in [0.2, 0.25) is 0 Å². The maximum Gasteiger partial charge on any atom is 0.304 e. The van der Waals surface area contributed by atoms with Crippen molar-refractivity contribution in [2.75, 3.05) is 24.9 Å². The maximum absolute atomic E-state index is 14.4. The van der Waals surface area contributed by atoms with Crippen molar-refractivity contribution in [1.82, 2.24) is 14.5 Å². The molecule has 0 saturated heterocycles. The molecule has 3 aromatic carbocycles. The fourth-order valence-electron chi connectivity index (χ4n) is 5.40. The number of halogens is 1. The van der Waals surface area contributed by atoms with Gasteiger partial charge in [0.1, 0.15) is 12.6 Å². The van der Waals surface area contributed by atoms with Crippen LogP contribution in [0, 0.1) is 13.8 Å². The summed E-state index contributed by atoms with van der Waals surface area (Å²) < 4.78 is 30.5. The first kappa shape index (κ1) is 32.7. The number of carbonyl (C=O) groups excluding carboxylic acids is 2. The van der Waals surface area contributed by atoms with E-state index in [9.17, 15) is 18.0 Å². The first-order valence-corrected chi connectivity index (χ1v) is 16.8. The smallest absolute Gasteiger partial charge is 0.304 e. The first-order chi connectivity index (χ1) is 20.5. The normalized spacial score (nSPS) is 14.5. The second kappa shape index (κ2) is 14.5. The van der Waals surface area contributed by atoms with E-state index in [1.54, 1.807) is 11.0 Å². The fraction of sp³-hybridized carbons (Fsp3) is 0.394. The summed E-state index contributed by atoms with van der Waals surface area (Å²) in [6, 6.07) is 21.9. The molecule has 10 heteroatoms. The molecular formula is C33H41BrN4O4S. The SMILES string of the molecule is Cc1ccc(C)c(N(CC(=O)N(Cc2ccc(Br)cc2)[C@H](Cc2ccccc2)C(=O)NC2CCCC2)S(=O)(=O)N(C)C)c1. The van der Waals surface area contributed by atoms with Crippen LogP contribution in [-0.4, -0.2) is 62.2 Å². The highest BCUT2D eigenvalue weighted by Gasteiger charge is 2.36. The summed E-state index contributed by atoms with van der Waals surface area (Å²) in [4.78, 5) is 30.0. The Balaban J connectivity index is 1.77. The summed E-state index contributed by atoms with van der Waals surface area (Å²) in [6.45, 7) is 3.40. The highest BCUT2D eigenvalue weighted by atomic mass is 79.9. The average molecular weight is 670 g/mol. The molecule has 0 spiro atoms. The topological polar surface area (TPSA) is 90.0 Å². The number of benzene rings is 3. The van der Waals surface area contributed by atoms with E-state index in [2.05, 4.69) is 21.2 Å². The van der Waals surface area contributed by atoms with Crippen LogP contribution in [-0.2, 0) is 32.8 Å². The van der Waals surface area contributed by atoms with Crippen molar-refractivity contribution >= 4 is 43.6 Å². The van der Waals surface area contributed by atoms with Gasteiger partial charge in [0.15, 0.2) is 0 Å². The van der Waals surface area contributed by atoms with Gasteiger partial charge in [-0.2, -0.15) is 12.7 Å². The molecule has 0 unspecified atom stereocenters. The largest absolute Gasteiger partial charge is 0.352 e. The van der Waals surface area contributed by atoms with Crippen LogP contribution in [0.4, 0.5) is 5.69 Å². The lowest BCUT2D eigenvalue weighted by Gasteiger charge is -2.35. The van der Waals surface area contributed by atoms with Gasteiger partial charge in [-0.1, -0.05) is 83.4 Å². The summed E-state index contributed by atoms with van der Waals surface area (Å²) in [5.41, 5.74) is 3.77. The molecule has 0 aliphatic heterocycles. The molecule has 4 rings (SSSR count). The van der Waals surface area contributed by atoms with Gasteiger partial charge in [0.25, 0.3) is 0 Å². The molecule has 3 aromatic rings. The molecule has 0 radical (unpaired) electrons. The fourth-order valence-corrected chi connectivity index (χ4v) is 6.78. The van der Waals surface area contributed by atoms with Crippen LogP contribution in [0.25, 0.3) is 0 Å². The zero-order valence-electron chi connectivity index (χ0n) is 25.3. The summed E-state index contributed by atoms with van der Waals surface area (Å²) in [6.07, 6.45) is 4.23. The molecule has 1 atom stereocenters. The van der Waals surface area contributed by atoms with Gasteiger partial charge in [-0.3, -0.25) is 9.59 Å². The molecular weight excluding hydrogens is 628 g/mol. The van der Waals surface area contributed by atoms with Gasteiger partial charge < -0.3 is 10.2 Å². The minimum absolute atomic E-state index is 0.0657. The maximum atomic E-state index is 14.4. The number of nitrogens with zero attached hydrogens (tertiary/aromatic N) is 3. The van der Waals surface area contributed by atoms with E-state index in [1.807, 2.05) is 80.6 Å². The Kier molecular flexibility index (Phi) is 11.0. The van der Waals surface area contributed by atoms with Gasteiger partial charge in [0.2, 0.25) is 11.8 Å². The third-order valence-electron chi connectivity index (χ3n) is 7.89. The van der Waals surface area contributed by atoms with Crippen molar-refractivity contribution in [3.63, 3.8) is 0 Å². The Hall–Kier alpha value is -3.21. The summed E-state index contributed by atoms with van der Waals surface area (Å²) in [5, 5.41) is 3.20. The van der Waals surface area contributed by atoms with E-state index >= 15 is 0 Å². The van der Waals surface area contributed by atoms with E-state index in [0.29, 0.717) is 12.1 Å². The summed E-state index contributed by atoms with van der Waals surface area (Å²) in [5.74, 6) is -0.688. The zero-order chi connectivity index (χ0) is 31.1. The second-order valence-corrected chi connectivity index (χ2v) is 14.4. The van der Waals surface area contributed by atoms with Gasteiger partial charge >= 0.3 is 10.2 Å². The number of nitrogens with one attached hydrogen (secondary N) is 1. The highest BCUT2D eigenvalue weighted by molar-refractivity contribution is 9.10. The van der Waals surface area contributed by atoms with E-state index in [0.717, 1.165) is 61.0 Å². The molecule has 230 valence electrons. The van der Waals surface area contributed by atoms with Gasteiger partial charge in [-0.25, -0.2) is 4.31 Å². The molecule has 1 aliphatic carbocycles. The van der Waals surface area contributed by atoms with Crippen LogP contribution in [0.15, 0.2) is 77.3 Å². The minimum Gasteiger partial charge on any atom is -0.352 e. The van der Waals surface area contributed by atoms with Crippen molar-refractivity contribution in [3.8, 4) is 0 Å². The Morgan fingerprint density at radius 3 is 2.21 bits per heavy atom. The number of amides is 2. The third kappa shape index (κ3) is 8.46. The zero-order valence-corrected chi connectivity index (χ0v) is 27.7. The predicted octanol–water partition coefficient (Wildman–Crippen LogP) is 5.38. The van der Waals surface area contributed by atoms with Crippen molar-refractivity contribution in [3.05, 3.63) is 99.5 Å². The quantitative estimate of drug-likeness (QED) is 0.281. The van der Waals surface area contributed by atoms with Gasteiger partial charge in [0.05, 0.1) is 5.69 Å². The Bertz CT molecular complexity index is 1510. The molecule has 1 fully saturated rings. The lowest BCUT2D eigenvalue weighted by molar-refractivity contribution is -0.140. The van der Waals surface area contributed by atoms with E-state index < -0.39 is 28.7 Å². The number of rotatable bonds is 12.